The predicted octanol–water partition coefficient (Wildman–Crippen LogP) is 2.53. The summed E-state index contributed by atoms with van der Waals surface area (Å²) in [6.07, 6.45) is 1.49. The van der Waals surface area contributed by atoms with Crippen LogP contribution >= 0.6 is 0 Å². The number of fused-ring (bicyclic) bond motifs is 1. The van der Waals surface area contributed by atoms with Gasteiger partial charge in [0.25, 0.3) is 11.5 Å². The van der Waals surface area contributed by atoms with Gasteiger partial charge in [-0.3, -0.25) is 14.4 Å². The number of rotatable bonds is 7. The SMILES string of the molecule is C[C@@H](NC(=O)c1cccn(CC(=O)NCc2ccccc2)c1=O)c1nc2ccccc2[nH]1. The van der Waals surface area contributed by atoms with E-state index in [-0.39, 0.29) is 18.0 Å². The number of imidazole rings is 1. The fourth-order valence-corrected chi connectivity index (χ4v) is 3.36. The third-order valence-corrected chi connectivity index (χ3v) is 5.08. The highest BCUT2D eigenvalue weighted by atomic mass is 16.2. The van der Waals surface area contributed by atoms with Gasteiger partial charge in [0.1, 0.15) is 17.9 Å². The molecule has 0 saturated heterocycles. The summed E-state index contributed by atoms with van der Waals surface area (Å²) in [5.74, 6) is -0.248. The molecule has 2 heterocycles. The van der Waals surface area contributed by atoms with E-state index in [1.54, 1.807) is 13.0 Å². The van der Waals surface area contributed by atoms with E-state index in [1.807, 2.05) is 54.6 Å². The molecule has 3 N–H and O–H groups in total. The maximum absolute atomic E-state index is 12.8. The van der Waals surface area contributed by atoms with Crippen molar-refractivity contribution in [3.63, 3.8) is 0 Å². The molecule has 0 aliphatic rings. The Balaban J connectivity index is 1.42. The van der Waals surface area contributed by atoms with Gasteiger partial charge in [-0.2, -0.15) is 0 Å². The van der Waals surface area contributed by atoms with Gasteiger partial charge >= 0.3 is 0 Å². The summed E-state index contributed by atoms with van der Waals surface area (Å²) in [6.45, 7) is 1.98. The summed E-state index contributed by atoms with van der Waals surface area (Å²) in [7, 11) is 0. The number of amides is 2. The van der Waals surface area contributed by atoms with E-state index in [0.717, 1.165) is 16.6 Å². The van der Waals surface area contributed by atoms with E-state index in [4.69, 9.17) is 0 Å². The highest BCUT2D eigenvalue weighted by Gasteiger charge is 2.18. The summed E-state index contributed by atoms with van der Waals surface area (Å²) in [5.41, 5.74) is 2.06. The third kappa shape index (κ3) is 4.75. The monoisotopic (exact) mass is 429 g/mol. The molecule has 2 aromatic heterocycles. The molecule has 0 radical (unpaired) electrons. The first-order valence-corrected chi connectivity index (χ1v) is 10.3. The molecule has 0 saturated carbocycles. The van der Waals surface area contributed by atoms with Crippen LogP contribution in [0.25, 0.3) is 11.0 Å². The smallest absolute Gasteiger partial charge is 0.263 e. The van der Waals surface area contributed by atoms with Crippen molar-refractivity contribution in [1.29, 1.82) is 0 Å². The number of aromatic amines is 1. The summed E-state index contributed by atoms with van der Waals surface area (Å²) in [5, 5.41) is 5.57. The number of hydrogen-bond donors (Lipinski definition) is 3. The lowest BCUT2D eigenvalue weighted by atomic mass is 10.2. The van der Waals surface area contributed by atoms with Crippen LogP contribution in [0.3, 0.4) is 0 Å². The Kier molecular flexibility index (Phi) is 6.12. The van der Waals surface area contributed by atoms with Gasteiger partial charge in [-0.05, 0) is 36.8 Å². The Morgan fingerprint density at radius 1 is 1.03 bits per heavy atom. The minimum atomic E-state index is -0.531. The lowest BCUT2D eigenvalue weighted by molar-refractivity contribution is -0.121. The Bertz CT molecular complexity index is 1280. The van der Waals surface area contributed by atoms with E-state index in [1.165, 1.54) is 16.8 Å². The number of nitrogens with zero attached hydrogens (tertiary/aromatic N) is 2. The average molecular weight is 429 g/mol. The van der Waals surface area contributed by atoms with Crippen molar-refractivity contribution >= 4 is 22.8 Å². The largest absolute Gasteiger partial charge is 0.350 e. The first-order valence-electron chi connectivity index (χ1n) is 10.3. The molecule has 8 heteroatoms. The number of nitrogens with one attached hydrogen (secondary N) is 3. The molecule has 0 unspecified atom stereocenters. The van der Waals surface area contributed by atoms with Gasteiger partial charge in [0.15, 0.2) is 0 Å². The maximum atomic E-state index is 12.8. The molecule has 32 heavy (non-hydrogen) atoms. The number of para-hydroxylation sites is 2. The fraction of sp³-hybridized carbons (Fsp3) is 0.167. The summed E-state index contributed by atoms with van der Waals surface area (Å²) in [6, 6.07) is 19.6. The van der Waals surface area contributed by atoms with Crippen molar-refractivity contribution in [3.8, 4) is 0 Å². The first kappa shape index (κ1) is 21.0. The van der Waals surface area contributed by atoms with Crippen molar-refractivity contribution in [2.45, 2.75) is 26.1 Å². The quantitative estimate of drug-likeness (QED) is 0.419. The molecule has 0 aliphatic carbocycles. The molecular formula is C24H23N5O3. The van der Waals surface area contributed by atoms with Crippen molar-refractivity contribution in [2.75, 3.05) is 0 Å². The van der Waals surface area contributed by atoms with Gasteiger partial charge in [-0.15, -0.1) is 0 Å². The minimum Gasteiger partial charge on any atom is -0.350 e. The Morgan fingerprint density at radius 2 is 1.78 bits per heavy atom. The Hall–Kier alpha value is -4.20. The van der Waals surface area contributed by atoms with Gasteiger partial charge in [0.05, 0.1) is 17.1 Å². The van der Waals surface area contributed by atoms with Crippen molar-refractivity contribution < 1.29 is 9.59 Å². The van der Waals surface area contributed by atoms with Gasteiger partial charge in [-0.1, -0.05) is 42.5 Å². The number of carbonyl (C=O) groups is 2. The normalized spacial score (nSPS) is 11.8. The standard InChI is InChI=1S/C24H23N5O3/c1-16(22-27-19-11-5-6-12-20(19)28-22)26-23(31)18-10-7-13-29(24(18)32)15-21(30)25-14-17-8-3-2-4-9-17/h2-13,16H,14-15H2,1H3,(H,25,30)(H,26,31)(H,27,28)/t16-/m1/s1. The zero-order chi connectivity index (χ0) is 22.5. The molecule has 8 nitrogen and oxygen atoms in total. The van der Waals surface area contributed by atoms with E-state index in [9.17, 15) is 14.4 Å². The van der Waals surface area contributed by atoms with Crippen LogP contribution in [-0.2, 0) is 17.9 Å². The lowest BCUT2D eigenvalue weighted by Crippen LogP contribution is -2.37. The summed E-state index contributed by atoms with van der Waals surface area (Å²) in [4.78, 5) is 45.5. The van der Waals surface area contributed by atoms with Crippen LogP contribution in [0, 0.1) is 0 Å². The highest BCUT2D eigenvalue weighted by Crippen LogP contribution is 2.15. The van der Waals surface area contributed by atoms with Crippen LogP contribution in [-0.4, -0.2) is 26.3 Å². The zero-order valence-corrected chi connectivity index (χ0v) is 17.5. The van der Waals surface area contributed by atoms with Gasteiger partial charge in [0, 0.05) is 12.7 Å². The van der Waals surface area contributed by atoms with Crippen LogP contribution in [0.15, 0.2) is 77.7 Å². The topological polar surface area (TPSA) is 109 Å². The van der Waals surface area contributed by atoms with E-state index >= 15 is 0 Å². The molecule has 162 valence electrons. The third-order valence-electron chi connectivity index (χ3n) is 5.08. The number of aromatic nitrogens is 3. The molecule has 2 amide bonds. The highest BCUT2D eigenvalue weighted by molar-refractivity contribution is 5.94. The molecule has 1 atom stereocenters. The molecule has 0 fully saturated rings. The average Bonchev–Trinajstić information content (AvgIpc) is 3.24. The van der Waals surface area contributed by atoms with E-state index in [0.29, 0.717) is 12.4 Å². The summed E-state index contributed by atoms with van der Waals surface area (Å²) < 4.78 is 1.22. The maximum Gasteiger partial charge on any atom is 0.263 e. The number of benzene rings is 2. The molecule has 0 bridgehead atoms. The molecule has 0 aliphatic heterocycles. The van der Waals surface area contributed by atoms with Crippen LogP contribution < -0.4 is 16.2 Å². The number of carbonyl (C=O) groups excluding carboxylic acids is 2. The minimum absolute atomic E-state index is 0.0358. The molecule has 4 rings (SSSR count). The Labute approximate surface area is 184 Å². The second-order valence-electron chi connectivity index (χ2n) is 7.45. The second kappa shape index (κ2) is 9.30. The molecular weight excluding hydrogens is 406 g/mol. The Morgan fingerprint density at radius 3 is 2.56 bits per heavy atom. The van der Waals surface area contributed by atoms with E-state index < -0.39 is 17.5 Å². The first-order chi connectivity index (χ1) is 15.5. The van der Waals surface area contributed by atoms with Crippen molar-refractivity contribution in [3.05, 3.63) is 100 Å². The van der Waals surface area contributed by atoms with Crippen molar-refractivity contribution in [2.24, 2.45) is 0 Å². The van der Waals surface area contributed by atoms with Crippen molar-refractivity contribution in [1.82, 2.24) is 25.2 Å². The van der Waals surface area contributed by atoms with Crippen LogP contribution in [0.2, 0.25) is 0 Å². The molecule has 0 spiro atoms. The van der Waals surface area contributed by atoms with Gasteiger partial charge in [0.2, 0.25) is 5.91 Å². The zero-order valence-electron chi connectivity index (χ0n) is 17.5. The predicted molar refractivity (Wildman–Crippen MR) is 121 cm³/mol. The number of hydrogen-bond acceptors (Lipinski definition) is 4. The van der Waals surface area contributed by atoms with Gasteiger partial charge < -0.3 is 20.2 Å². The lowest BCUT2D eigenvalue weighted by Gasteiger charge is -2.12. The number of pyridine rings is 1. The fourth-order valence-electron chi connectivity index (χ4n) is 3.36. The number of H-pyrrole nitrogens is 1. The summed E-state index contributed by atoms with van der Waals surface area (Å²) >= 11 is 0. The van der Waals surface area contributed by atoms with E-state index in [2.05, 4.69) is 20.6 Å². The molecule has 2 aromatic carbocycles. The van der Waals surface area contributed by atoms with Crippen LogP contribution in [0.5, 0.6) is 0 Å². The van der Waals surface area contributed by atoms with Crippen LogP contribution in [0.4, 0.5) is 0 Å². The van der Waals surface area contributed by atoms with Gasteiger partial charge in [-0.25, -0.2) is 4.98 Å². The second-order valence-corrected chi connectivity index (χ2v) is 7.45. The van der Waals surface area contributed by atoms with Crippen LogP contribution in [0.1, 0.15) is 34.7 Å². The molecule has 4 aromatic rings.